The summed E-state index contributed by atoms with van der Waals surface area (Å²) in [5.74, 6) is -0.0827. The summed E-state index contributed by atoms with van der Waals surface area (Å²) in [5, 5.41) is 19.1. The maximum absolute atomic E-state index is 12.2. The van der Waals surface area contributed by atoms with Crippen molar-refractivity contribution in [3.63, 3.8) is 0 Å². The number of phenolic OH excluding ortho intramolecular Hbond substituents is 1. The molecule has 1 rings (SSSR count). The van der Waals surface area contributed by atoms with Crippen molar-refractivity contribution < 1.29 is 28.1 Å². The summed E-state index contributed by atoms with van der Waals surface area (Å²) in [6, 6.07) is 1.75. The van der Waals surface area contributed by atoms with Crippen LogP contribution in [-0.2, 0) is 0 Å². The predicted molar refractivity (Wildman–Crippen MR) is 65.5 cm³/mol. The van der Waals surface area contributed by atoms with Crippen LogP contribution < -0.4 is 10.5 Å². The second-order valence-corrected chi connectivity index (χ2v) is 3.83. The Kier molecular flexibility index (Phi) is 6.41. The molecule has 110 valence electrons. The molecular weight excluding hydrogens is 287 g/mol. The van der Waals surface area contributed by atoms with Gasteiger partial charge in [-0.25, -0.2) is 0 Å². The molecule has 0 spiro atoms. The van der Waals surface area contributed by atoms with E-state index in [4.69, 9.17) is 10.5 Å². The summed E-state index contributed by atoms with van der Waals surface area (Å²) in [6.45, 7) is 0. The molecule has 0 bridgehead atoms. The number of nitrogens with two attached hydrogens (primary N) is 1. The van der Waals surface area contributed by atoms with Crippen LogP contribution in [0.15, 0.2) is 18.2 Å². The topological polar surface area (TPSA) is 75.7 Å². The average Bonchev–Trinajstić information content (AvgIpc) is 2.27. The number of benzene rings is 1. The number of aliphatic hydroxyl groups excluding tert-OH is 1. The number of ether oxygens (including phenoxy) is 1. The van der Waals surface area contributed by atoms with Crippen LogP contribution in [-0.4, -0.2) is 29.5 Å². The Morgan fingerprint density at radius 2 is 1.95 bits per heavy atom. The van der Waals surface area contributed by atoms with Crippen molar-refractivity contribution in [2.75, 3.05) is 7.11 Å². The highest BCUT2D eigenvalue weighted by molar-refractivity contribution is 5.85. The molecule has 0 saturated heterocycles. The van der Waals surface area contributed by atoms with E-state index < -0.39 is 24.7 Å². The molecule has 4 nitrogen and oxygen atoms in total. The minimum Gasteiger partial charge on any atom is -0.504 e. The maximum atomic E-state index is 12.2. The molecule has 0 amide bonds. The zero-order valence-electron chi connectivity index (χ0n) is 10.0. The van der Waals surface area contributed by atoms with Gasteiger partial charge in [-0.1, -0.05) is 6.07 Å². The molecule has 4 N–H and O–H groups in total. The van der Waals surface area contributed by atoms with E-state index in [2.05, 4.69) is 0 Å². The standard InChI is InChI=1S/C11H14F3NO3.ClH/c1-18-9-3-2-6(4-8(9)17)7(16)5-10(15)11(12,13)14;/h2-4,7,10,16-17H,5,15H2,1H3;1H/t7-,10+;/m0./s1. The minimum atomic E-state index is -4.56. The van der Waals surface area contributed by atoms with E-state index in [9.17, 15) is 23.4 Å². The molecule has 0 unspecified atom stereocenters. The molecule has 0 aliphatic heterocycles. The van der Waals surface area contributed by atoms with E-state index in [1.165, 1.54) is 19.2 Å². The fraction of sp³-hybridized carbons (Fsp3) is 0.455. The molecule has 8 heteroatoms. The van der Waals surface area contributed by atoms with Crippen molar-refractivity contribution in [1.82, 2.24) is 0 Å². The van der Waals surface area contributed by atoms with Gasteiger partial charge in [0.2, 0.25) is 0 Å². The third kappa shape index (κ3) is 4.77. The predicted octanol–water partition coefficient (Wildman–Crippen LogP) is 2.14. The molecular formula is C11H15ClF3NO3. The quantitative estimate of drug-likeness (QED) is 0.796. The number of phenols is 1. The molecule has 1 aromatic carbocycles. The van der Waals surface area contributed by atoms with Gasteiger partial charge < -0.3 is 20.7 Å². The van der Waals surface area contributed by atoms with Gasteiger partial charge in [0.25, 0.3) is 0 Å². The zero-order valence-corrected chi connectivity index (χ0v) is 10.8. The van der Waals surface area contributed by atoms with Gasteiger partial charge in [-0.15, -0.1) is 12.4 Å². The largest absolute Gasteiger partial charge is 0.504 e. The second-order valence-electron chi connectivity index (χ2n) is 3.83. The summed E-state index contributed by atoms with van der Waals surface area (Å²) in [7, 11) is 1.34. The molecule has 0 aliphatic carbocycles. The highest BCUT2D eigenvalue weighted by Gasteiger charge is 2.38. The monoisotopic (exact) mass is 301 g/mol. The first-order valence-electron chi connectivity index (χ1n) is 5.13. The Morgan fingerprint density at radius 1 is 1.37 bits per heavy atom. The van der Waals surface area contributed by atoms with E-state index >= 15 is 0 Å². The number of methoxy groups -OCH3 is 1. The highest BCUT2D eigenvalue weighted by atomic mass is 35.5. The van der Waals surface area contributed by atoms with Crippen molar-refractivity contribution in [2.24, 2.45) is 5.73 Å². The van der Waals surface area contributed by atoms with Crippen LogP contribution in [0.4, 0.5) is 13.2 Å². The van der Waals surface area contributed by atoms with E-state index in [0.29, 0.717) is 0 Å². The summed E-state index contributed by atoms with van der Waals surface area (Å²) in [5.41, 5.74) is 5.06. The van der Waals surface area contributed by atoms with Crippen molar-refractivity contribution in [3.8, 4) is 11.5 Å². The maximum Gasteiger partial charge on any atom is 0.403 e. The van der Waals surface area contributed by atoms with Gasteiger partial charge in [-0.2, -0.15) is 13.2 Å². The molecule has 19 heavy (non-hydrogen) atoms. The molecule has 2 atom stereocenters. The zero-order chi connectivity index (χ0) is 13.9. The normalized spacial score (nSPS) is 14.4. The fourth-order valence-electron chi connectivity index (χ4n) is 1.42. The average molecular weight is 302 g/mol. The van der Waals surface area contributed by atoms with Gasteiger partial charge >= 0.3 is 6.18 Å². The van der Waals surface area contributed by atoms with Gasteiger partial charge in [-0.3, -0.25) is 0 Å². The van der Waals surface area contributed by atoms with Crippen LogP contribution in [0.3, 0.4) is 0 Å². The number of halogens is 4. The van der Waals surface area contributed by atoms with Gasteiger partial charge in [-0.05, 0) is 17.7 Å². The van der Waals surface area contributed by atoms with Gasteiger partial charge in [0.05, 0.1) is 13.2 Å². The molecule has 0 radical (unpaired) electrons. The first-order valence-corrected chi connectivity index (χ1v) is 5.13. The molecule has 0 heterocycles. The molecule has 1 aromatic rings. The van der Waals surface area contributed by atoms with Crippen molar-refractivity contribution in [3.05, 3.63) is 23.8 Å². The lowest BCUT2D eigenvalue weighted by Crippen LogP contribution is -2.38. The lowest BCUT2D eigenvalue weighted by Gasteiger charge is -2.19. The van der Waals surface area contributed by atoms with Gasteiger partial charge in [0.15, 0.2) is 11.5 Å². The fourth-order valence-corrected chi connectivity index (χ4v) is 1.42. The van der Waals surface area contributed by atoms with E-state index in [0.717, 1.165) is 6.07 Å². The van der Waals surface area contributed by atoms with E-state index in [1.54, 1.807) is 0 Å². The van der Waals surface area contributed by atoms with Crippen LogP contribution in [0.25, 0.3) is 0 Å². The SMILES string of the molecule is COc1ccc([C@@H](O)C[C@@H](N)C(F)(F)F)cc1O.Cl. The van der Waals surface area contributed by atoms with E-state index in [-0.39, 0.29) is 29.5 Å². The number of alkyl halides is 3. The minimum absolute atomic E-state index is 0. The van der Waals surface area contributed by atoms with Crippen LogP contribution in [0.1, 0.15) is 18.1 Å². The number of rotatable bonds is 4. The first-order chi connectivity index (χ1) is 8.25. The summed E-state index contributed by atoms with van der Waals surface area (Å²) in [4.78, 5) is 0. The van der Waals surface area contributed by atoms with Crippen molar-refractivity contribution >= 4 is 12.4 Å². The lowest BCUT2D eigenvalue weighted by atomic mass is 10.0. The Morgan fingerprint density at radius 3 is 2.37 bits per heavy atom. The second kappa shape index (κ2) is 6.83. The molecule has 0 aromatic heterocycles. The summed E-state index contributed by atoms with van der Waals surface area (Å²) in [6.07, 6.45) is -6.64. The van der Waals surface area contributed by atoms with Crippen LogP contribution in [0.5, 0.6) is 11.5 Å². The van der Waals surface area contributed by atoms with Crippen LogP contribution in [0, 0.1) is 0 Å². The Bertz CT molecular complexity index is 415. The summed E-state index contributed by atoms with van der Waals surface area (Å²) < 4.78 is 41.4. The van der Waals surface area contributed by atoms with Crippen molar-refractivity contribution in [1.29, 1.82) is 0 Å². The molecule has 0 fully saturated rings. The number of aromatic hydroxyl groups is 1. The first kappa shape index (κ1) is 17.8. The third-order valence-electron chi connectivity index (χ3n) is 2.49. The van der Waals surface area contributed by atoms with Crippen molar-refractivity contribution in [2.45, 2.75) is 24.7 Å². The molecule has 0 saturated carbocycles. The molecule has 0 aliphatic rings. The number of hydrogen-bond donors (Lipinski definition) is 3. The Labute approximate surface area is 114 Å². The van der Waals surface area contributed by atoms with Crippen LogP contribution in [0.2, 0.25) is 0 Å². The lowest BCUT2D eigenvalue weighted by molar-refractivity contribution is -0.153. The van der Waals surface area contributed by atoms with Gasteiger partial charge in [0.1, 0.15) is 6.04 Å². The van der Waals surface area contributed by atoms with E-state index in [1.807, 2.05) is 0 Å². The van der Waals surface area contributed by atoms with Gasteiger partial charge in [0, 0.05) is 6.42 Å². The van der Waals surface area contributed by atoms with Crippen LogP contribution >= 0.6 is 12.4 Å². The third-order valence-corrected chi connectivity index (χ3v) is 2.49. The summed E-state index contributed by atoms with van der Waals surface area (Å²) >= 11 is 0. The highest BCUT2D eigenvalue weighted by Crippen LogP contribution is 2.32. The Balaban J connectivity index is 0.00000324. The number of hydrogen-bond acceptors (Lipinski definition) is 4. The Hall–Kier alpha value is -1.18. The number of aliphatic hydroxyl groups is 1. The smallest absolute Gasteiger partial charge is 0.403 e.